The minimum absolute atomic E-state index is 0.113. The molecule has 7 heteroatoms. The van der Waals surface area contributed by atoms with Gasteiger partial charge in [-0.2, -0.15) is 4.98 Å². The van der Waals surface area contributed by atoms with Gasteiger partial charge < -0.3 is 14.5 Å². The lowest BCUT2D eigenvalue weighted by atomic mass is 10.3. The number of hydrogen-bond donors (Lipinski definition) is 1. The minimum atomic E-state index is -0.524. The van der Waals surface area contributed by atoms with Crippen molar-refractivity contribution in [3.8, 4) is 0 Å². The second-order valence-electron chi connectivity index (χ2n) is 3.48. The van der Waals surface area contributed by atoms with Crippen molar-refractivity contribution in [2.45, 2.75) is 6.92 Å². The number of aromatic nitrogens is 1. The van der Waals surface area contributed by atoms with E-state index >= 15 is 0 Å². The Morgan fingerprint density at radius 2 is 2.37 bits per heavy atom. The van der Waals surface area contributed by atoms with E-state index < -0.39 is 5.97 Å². The molecule has 1 N–H and O–H groups in total. The normalized spacial score (nSPS) is 10.3. The van der Waals surface area contributed by atoms with Gasteiger partial charge in [0.1, 0.15) is 6.26 Å². The second-order valence-corrected chi connectivity index (χ2v) is 4.68. The zero-order valence-corrected chi connectivity index (χ0v) is 12.3. The molecular weight excluding hydrogens is 335 g/mol. The number of rotatable bonds is 4. The Bertz CT molecular complexity index is 600. The van der Waals surface area contributed by atoms with Gasteiger partial charge in [0, 0.05) is 0 Å². The van der Waals surface area contributed by atoms with E-state index in [1.165, 1.54) is 6.26 Å². The first kappa shape index (κ1) is 13.9. The molecule has 0 unspecified atom stereocenters. The molecule has 2 rings (SSSR count). The molecule has 0 aliphatic heterocycles. The van der Waals surface area contributed by atoms with Gasteiger partial charge in [-0.3, -0.25) is 0 Å². The summed E-state index contributed by atoms with van der Waals surface area (Å²) in [6.45, 7) is 2.01. The van der Waals surface area contributed by atoms with Crippen molar-refractivity contribution in [3.63, 3.8) is 0 Å². The van der Waals surface area contributed by atoms with E-state index in [0.717, 1.165) is 0 Å². The van der Waals surface area contributed by atoms with Crippen LogP contribution in [0.3, 0.4) is 0 Å². The van der Waals surface area contributed by atoms with Crippen LogP contribution in [0.15, 0.2) is 33.4 Å². The van der Waals surface area contributed by atoms with E-state index in [4.69, 9.17) is 20.8 Å². The number of carbonyl (C=O) groups is 1. The van der Waals surface area contributed by atoms with Crippen LogP contribution in [0.1, 0.15) is 17.4 Å². The molecule has 0 saturated heterocycles. The van der Waals surface area contributed by atoms with Crippen LogP contribution < -0.4 is 5.32 Å². The topological polar surface area (TPSA) is 64.4 Å². The molecule has 1 heterocycles. The first-order valence-corrected chi connectivity index (χ1v) is 6.62. The van der Waals surface area contributed by atoms with Gasteiger partial charge in [0.05, 0.1) is 21.8 Å². The van der Waals surface area contributed by atoms with Crippen molar-refractivity contribution in [2.24, 2.45) is 0 Å². The van der Waals surface area contributed by atoms with Crippen molar-refractivity contribution in [1.82, 2.24) is 4.98 Å². The Kier molecular flexibility index (Phi) is 4.44. The summed E-state index contributed by atoms with van der Waals surface area (Å²) < 4.78 is 10.6. The van der Waals surface area contributed by atoms with Crippen LogP contribution in [-0.4, -0.2) is 17.6 Å². The number of ether oxygens (including phenoxy) is 1. The average Bonchev–Trinajstić information content (AvgIpc) is 2.84. The fourth-order valence-corrected chi connectivity index (χ4v) is 1.88. The summed E-state index contributed by atoms with van der Waals surface area (Å²) in [5.74, 6) is -0.524. The largest absolute Gasteiger partial charge is 0.461 e. The maximum Gasteiger partial charge on any atom is 0.360 e. The Morgan fingerprint density at radius 3 is 3.11 bits per heavy atom. The molecule has 0 atom stereocenters. The molecule has 1 aromatic carbocycles. The van der Waals surface area contributed by atoms with Crippen molar-refractivity contribution < 1.29 is 13.9 Å². The third-order valence-electron chi connectivity index (χ3n) is 2.18. The zero-order chi connectivity index (χ0) is 13.8. The molecule has 0 radical (unpaired) electrons. The van der Waals surface area contributed by atoms with Crippen LogP contribution in [0.4, 0.5) is 11.7 Å². The number of benzene rings is 1. The number of oxazole rings is 1. The molecule has 0 amide bonds. The number of anilines is 2. The van der Waals surface area contributed by atoms with Crippen LogP contribution in [-0.2, 0) is 4.74 Å². The number of hydrogen-bond acceptors (Lipinski definition) is 5. The number of carbonyl (C=O) groups excluding carboxylic acids is 1. The van der Waals surface area contributed by atoms with Crippen LogP contribution in [0.2, 0.25) is 5.02 Å². The van der Waals surface area contributed by atoms with Gasteiger partial charge in [0.25, 0.3) is 6.01 Å². The summed E-state index contributed by atoms with van der Waals surface area (Å²) in [5, 5.41) is 3.47. The van der Waals surface area contributed by atoms with Crippen molar-refractivity contribution in [1.29, 1.82) is 0 Å². The van der Waals surface area contributed by atoms with E-state index in [1.54, 1.807) is 25.1 Å². The van der Waals surface area contributed by atoms with Gasteiger partial charge in [0.2, 0.25) is 0 Å². The molecule has 2 aromatic rings. The molecule has 0 bridgehead atoms. The lowest BCUT2D eigenvalue weighted by molar-refractivity contribution is 0.0519. The lowest BCUT2D eigenvalue weighted by Gasteiger charge is -2.05. The fraction of sp³-hybridized carbons (Fsp3) is 0.167. The Morgan fingerprint density at radius 1 is 1.58 bits per heavy atom. The number of esters is 1. The summed E-state index contributed by atoms with van der Waals surface area (Å²) in [5.41, 5.74) is 0.798. The fourth-order valence-electron chi connectivity index (χ4n) is 1.35. The Balaban J connectivity index is 2.16. The van der Waals surface area contributed by atoms with Crippen molar-refractivity contribution >= 4 is 45.2 Å². The molecule has 19 heavy (non-hydrogen) atoms. The van der Waals surface area contributed by atoms with Crippen LogP contribution >= 0.6 is 27.5 Å². The standard InChI is InChI=1S/C12H10BrClN2O3/c1-2-18-11(17)9-6-19-12(16-9)15-8-5-3-4-7(14)10(8)13/h3-6H,2H2,1H3,(H,15,16). The molecule has 0 spiro atoms. The van der Waals surface area contributed by atoms with Gasteiger partial charge in [0.15, 0.2) is 5.69 Å². The molecule has 0 fully saturated rings. The molecule has 0 saturated carbocycles. The third-order valence-corrected chi connectivity index (χ3v) is 3.58. The summed E-state index contributed by atoms with van der Waals surface area (Å²) in [7, 11) is 0. The molecule has 100 valence electrons. The summed E-state index contributed by atoms with van der Waals surface area (Å²) in [6.07, 6.45) is 1.23. The Hall–Kier alpha value is -1.53. The number of nitrogens with zero attached hydrogens (tertiary/aromatic N) is 1. The highest BCUT2D eigenvalue weighted by Crippen LogP contribution is 2.31. The summed E-state index contributed by atoms with van der Waals surface area (Å²) >= 11 is 9.31. The second kappa shape index (κ2) is 6.08. The highest BCUT2D eigenvalue weighted by molar-refractivity contribution is 9.10. The number of nitrogens with one attached hydrogen (secondary N) is 1. The quantitative estimate of drug-likeness (QED) is 0.848. The average molecular weight is 346 g/mol. The predicted octanol–water partition coefficient (Wildman–Crippen LogP) is 4.01. The zero-order valence-electron chi connectivity index (χ0n) is 9.94. The molecule has 0 aliphatic rings. The van der Waals surface area contributed by atoms with E-state index in [1.807, 2.05) is 0 Å². The maximum atomic E-state index is 11.4. The van der Waals surface area contributed by atoms with E-state index in [-0.39, 0.29) is 18.3 Å². The third kappa shape index (κ3) is 3.27. The van der Waals surface area contributed by atoms with Gasteiger partial charge in [-0.25, -0.2) is 4.79 Å². The van der Waals surface area contributed by atoms with Crippen LogP contribution in [0.25, 0.3) is 0 Å². The van der Waals surface area contributed by atoms with E-state index in [2.05, 4.69) is 26.2 Å². The maximum absolute atomic E-state index is 11.4. The van der Waals surface area contributed by atoms with Gasteiger partial charge in [-0.1, -0.05) is 17.7 Å². The summed E-state index contributed by atoms with van der Waals surface area (Å²) in [6, 6.07) is 5.51. The van der Waals surface area contributed by atoms with Gasteiger partial charge >= 0.3 is 5.97 Å². The molecule has 0 aliphatic carbocycles. The summed E-state index contributed by atoms with van der Waals surface area (Å²) in [4.78, 5) is 15.4. The minimum Gasteiger partial charge on any atom is -0.461 e. The Labute approximate surface area is 123 Å². The highest BCUT2D eigenvalue weighted by atomic mass is 79.9. The molecule has 5 nitrogen and oxygen atoms in total. The highest BCUT2D eigenvalue weighted by Gasteiger charge is 2.14. The van der Waals surface area contributed by atoms with Crippen molar-refractivity contribution in [2.75, 3.05) is 11.9 Å². The van der Waals surface area contributed by atoms with Gasteiger partial charge in [-0.15, -0.1) is 0 Å². The van der Waals surface area contributed by atoms with Crippen molar-refractivity contribution in [3.05, 3.63) is 39.7 Å². The SMILES string of the molecule is CCOC(=O)c1coc(Nc2cccc(Cl)c2Br)n1. The van der Waals surface area contributed by atoms with E-state index in [9.17, 15) is 4.79 Å². The molecule has 1 aromatic heterocycles. The van der Waals surface area contributed by atoms with Crippen LogP contribution in [0, 0.1) is 0 Å². The number of halogens is 2. The van der Waals surface area contributed by atoms with E-state index in [0.29, 0.717) is 15.2 Å². The lowest BCUT2D eigenvalue weighted by Crippen LogP contribution is -2.05. The van der Waals surface area contributed by atoms with Crippen LogP contribution in [0.5, 0.6) is 0 Å². The first-order chi connectivity index (χ1) is 9.11. The smallest absolute Gasteiger partial charge is 0.360 e. The van der Waals surface area contributed by atoms with Gasteiger partial charge in [-0.05, 0) is 35.0 Å². The monoisotopic (exact) mass is 344 g/mol. The predicted molar refractivity (Wildman–Crippen MR) is 74.9 cm³/mol. The molecular formula is C12H10BrClN2O3. The first-order valence-electron chi connectivity index (χ1n) is 5.45.